The summed E-state index contributed by atoms with van der Waals surface area (Å²) in [5, 5.41) is 12.9. The monoisotopic (exact) mass is 461 g/mol. The maximum atomic E-state index is 12.5. The predicted molar refractivity (Wildman–Crippen MR) is 114 cm³/mol. The molecule has 3 N–H and O–H groups in total. The van der Waals surface area contributed by atoms with E-state index in [1.165, 1.54) is 38.1 Å². The van der Waals surface area contributed by atoms with E-state index in [4.69, 9.17) is 4.52 Å². The van der Waals surface area contributed by atoms with Gasteiger partial charge in [-0.1, -0.05) is 5.16 Å². The van der Waals surface area contributed by atoms with E-state index in [-0.39, 0.29) is 22.3 Å². The molecule has 0 saturated heterocycles. The lowest BCUT2D eigenvalue weighted by Gasteiger charge is -2.15. The van der Waals surface area contributed by atoms with Crippen molar-refractivity contribution in [1.29, 1.82) is 0 Å². The van der Waals surface area contributed by atoms with E-state index in [0.717, 1.165) is 0 Å². The Labute approximate surface area is 184 Å². The summed E-state index contributed by atoms with van der Waals surface area (Å²) in [6, 6.07) is 4.78. The van der Waals surface area contributed by atoms with Crippen LogP contribution in [0.3, 0.4) is 0 Å². The van der Waals surface area contributed by atoms with Crippen molar-refractivity contribution in [2.45, 2.75) is 44.7 Å². The number of amides is 2. The number of aromatic nitrogens is 4. The molecule has 0 aliphatic carbocycles. The Balaban J connectivity index is 1.59. The largest absolute Gasteiger partial charge is 0.360 e. The van der Waals surface area contributed by atoms with Crippen LogP contribution in [0.25, 0.3) is 0 Å². The fourth-order valence-corrected chi connectivity index (χ4v) is 4.41. The lowest BCUT2D eigenvalue weighted by Crippen LogP contribution is -2.41. The molecule has 1 aromatic carbocycles. The van der Waals surface area contributed by atoms with Gasteiger partial charge in [-0.25, -0.2) is 18.1 Å². The third-order valence-electron chi connectivity index (χ3n) is 4.59. The molecule has 3 rings (SSSR count). The minimum atomic E-state index is -3.99. The van der Waals surface area contributed by atoms with Crippen LogP contribution in [0.1, 0.15) is 31.3 Å². The zero-order valence-corrected chi connectivity index (χ0v) is 18.7. The first-order valence-corrected chi connectivity index (χ1v) is 11.1. The van der Waals surface area contributed by atoms with Crippen molar-refractivity contribution >= 4 is 33.2 Å². The van der Waals surface area contributed by atoms with Gasteiger partial charge in [-0.3, -0.25) is 9.59 Å². The summed E-state index contributed by atoms with van der Waals surface area (Å²) in [5.41, 5.74) is 1.16. The predicted octanol–water partition coefficient (Wildman–Crippen LogP) is 1.39. The highest BCUT2D eigenvalue weighted by Crippen LogP contribution is 2.19. The topological polar surface area (TPSA) is 161 Å². The van der Waals surface area contributed by atoms with Crippen molar-refractivity contribution in [2.24, 2.45) is 0 Å². The number of hydrogen-bond donors (Lipinski definition) is 3. The average molecular weight is 462 g/mol. The van der Waals surface area contributed by atoms with Crippen molar-refractivity contribution < 1.29 is 22.5 Å². The number of aryl methyl sites for hydroxylation is 2. The molecule has 0 fully saturated rings. The van der Waals surface area contributed by atoms with Crippen LogP contribution in [-0.4, -0.2) is 46.2 Å². The Kier molecular flexibility index (Phi) is 6.69. The summed E-state index contributed by atoms with van der Waals surface area (Å²) in [4.78, 5) is 28.5. The van der Waals surface area contributed by atoms with Gasteiger partial charge in [0.25, 0.3) is 0 Å². The Hall–Kier alpha value is -3.58. The highest BCUT2D eigenvalue weighted by Gasteiger charge is 2.28. The van der Waals surface area contributed by atoms with Gasteiger partial charge in [0.05, 0.1) is 6.04 Å². The van der Waals surface area contributed by atoms with Gasteiger partial charge >= 0.3 is 0 Å². The minimum absolute atomic E-state index is 0.0858. The number of benzene rings is 1. The van der Waals surface area contributed by atoms with Gasteiger partial charge in [0.2, 0.25) is 21.8 Å². The molecule has 0 aliphatic heterocycles. The molecule has 2 heterocycles. The number of hydrogen-bond acceptors (Lipinski definition) is 8. The number of carbonyl (C=O) groups is 2. The molecule has 0 saturated carbocycles. The van der Waals surface area contributed by atoms with Crippen LogP contribution in [0.5, 0.6) is 0 Å². The second-order valence-corrected chi connectivity index (χ2v) is 8.75. The summed E-state index contributed by atoms with van der Waals surface area (Å²) in [6.45, 7) is 6.09. The van der Waals surface area contributed by atoms with Crippen LogP contribution in [0.2, 0.25) is 0 Å². The van der Waals surface area contributed by atoms with Crippen LogP contribution < -0.4 is 15.4 Å². The Bertz CT molecular complexity index is 1180. The minimum Gasteiger partial charge on any atom is -0.360 e. The highest BCUT2D eigenvalue weighted by atomic mass is 32.2. The first-order valence-electron chi connectivity index (χ1n) is 9.59. The number of carbonyl (C=O) groups excluding carboxylic acids is 2. The van der Waals surface area contributed by atoms with Gasteiger partial charge in [0, 0.05) is 11.4 Å². The van der Waals surface area contributed by atoms with Gasteiger partial charge in [0.15, 0.2) is 5.76 Å². The molecule has 3 aromatic rings. The van der Waals surface area contributed by atoms with Crippen molar-refractivity contribution in [1.82, 2.24) is 24.6 Å². The molecular weight excluding hydrogens is 438 g/mol. The molecule has 2 amide bonds. The van der Waals surface area contributed by atoms with E-state index in [0.29, 0.717) is 11.4 Å². The quantitative estimate of drug-likeness (QED) is 0.453. The first-order chi connectivity index (χ1) is 15.1. The molecule has 0 radical (unpaired) electrons. The maximum absolute atomic E-state index is 12.5. The van der Waals surface area contributed by atoms with Crippen LogP contribution >= 0.6 is 0 Å². The second-order valence-electron chi connectivity index (χ2n) is 7.10. The van der Waals surface area contributed by atoms with E-state index in [2.05, 4.69) is 30.6 Å². The molecule has 2 atom stereocenters. The third-order valence-corrected chi connectivity index (χ3v) is 6.38. The lowest BCUT2D eigenvalue weighted by atomic mass is 10.2. The molecule has 170 valence electrons. The van der Waals surface area contributed by atoms with Crippen LogP contribution in [0.4, 0.5) is 11.4 Å². The van der Waals surface area contributed by atoms with Gasteiger partial charge in [-0.15, -0.1) is 0 Å². The van der Waals surface area contributed by atoms with E-state index in [1.807, 2.05) is 0 Å². The molecular formula is C19H23N7O5S. The molecule has 12 nitrogen and oxygen atoms in total. The average Bonchev–Trinajstić information content (AvgIpc) is 3.38. The van der Waals surface area contributed by atoms with E-state index in [9.17, 15) is 18.0 Å². The molecule has 2 aromatic heterocycles. The van der Waals surface area contributed by atoms with Gasteiger partial charge in [0.1, 0.15) is 29.3 Å². The number of anilines is 2. The van der Waals surface area contributed by atoms with Crippen LogP contribution in [0.15, 0.2) is 46.3 Å². The standard InChI is InChI=1S/C19H23N7O5S/c1-11-17(14(4)31-24-11)32(29,30)25-12(2)18(27)22-15-5-7-16(8-6-15)23-19(28)13(3)26-10-20-9-21-26/h5-10,12-13,25H,1-4H3,(H,22,27)(H,23,28)/t12-,13?/m0/s1. The summed E-state index contributed by atoms with van der Waals surface area (Å²) < 4.78 is 33.7. The second kappa shape index (κ2) is 9.28. The van der Waals surface area contributed by atoms with Crippen molar-refractivity contribution in [3.63, 3.8) is 0 Å². The Morgan fingerprint density at radius 3 is 2.12 bits per heavy atom. The fraction of sp³-hybridized carbons (Fsp3) is 0.316. The Morgan fingerprint density at radius 2 is 1.62 bits per heavy atom. The third kappa shape index (κ3) is 5.18. The maximum Gasteiger partial charge on any atom is 0.249 e. The number of nitrogens with one attached hydrogen (secondary N) is 3. The molecule has 0 aliphatic rings. The van der Waals surface area contributed by atoms with Crippen LogP contribution in [0, 0.1) is 13.8 Å². The number of rotatable bonds is 8. The normalized spacial score (nSPS) is 13.4. The Morgan fingerprint density at radius 1 is 1.03 bits per heavy atom. The summed E-state index contributed by atoms with van der Waals surface area (Å²) in [5.74, 6) is -0.704. The molecule has 0 spiro atoms. The SMILES string of the molecule is Cc1noc(C)c1S(=O)(=O)N[C@@H](C)C(=O)Nc1ccc(NC(=O)C(C)n2cncn2)cc1. The molecule has 32 heavy (non-hydrogen) atoms. The van der Waals surface area contributed by atoms with Gasteiger partial charge in [-0.05, 0) is 52.0 Å². The summed E-state index contributed by atoms with van der Waals surface area (Å²) in [7, 11) is -3.99. The van der Waals surface area contributed by atoms with E-state index in [1.54, 1.807) is 31.2 Å². The lowest BCUT2D eigenvalue weighted by molar-refractivity contribution is -0.119. The van der Waals surface area contributed by atoms with E-state index < -0.39 is 28.0 Å². The molecule has 0 bridgehead atoms. The summed E-state index contributed by atoms with van der Waals surface area (Å²) >= 11 is 0. The van der Waals surface area contributed by atoms with Crippen molar-refractivity contribution in [3.05, 3.63) is 48.4 Å². The fourth-order valence-electron chi connectivity index (χ4n) is 2.88. The first kappa shape index (κ1) is 23.1. The van der Waals surface area contributed by atoms with Crippen molar-refractivity contribution in [3.8, 4) is 0 Å². The molecule has 13 heteroatoms. The smallest absolute Gasteiger partial charge is 0.249 e. The molecule has 1 unspecified atom stereocenters. The zero-order chi connectivity index (χ0) is 23.5. The van der Waals surface area contributed by atoms with Gasteiger partial charge < -0.3 is 15.2 Å². The zero-order valence-electron chi connectivity index (χ0n) is 17.9. The van der Waals surface area contributed by atoms with Gasteiger partial charge in [-0.2, -0.15) is 9.82 Å². The number of sulfonamides is 1. The van der Waals surface area contributed by atoms with E-state index >= 15 is 0 Å². The van der Waals surface area contributed by atoms with Crippen LogP contribution in [-0.2, 0) is 19.6 Å². The number of nitrogens with zero attached hydrogens (tertiary/aromatic N) is 4. The highest BCUT2D eigenvalue weighted by molar-refractivity contribution is 7.89. The van der Waals surface area contributed by atoms with Crippen molar-refractivity contribution in [2.75, 3.05) is 10.6 Å². The summed E-state index contributed by atoms with van der Waals surface area (Å²) in [6.07, 6.45) is 2.79.